The minimum Gasteiger partial charge on any atom is -0.343 e. The average molecular weight is 487 g/mol. The number of amides is 1. The van der Waals surface area contributed by atoms with E-state index in [-0.39, 0.29) is 5.56 Å². The van der Waals surface area contributed by atoms with E-state index < -0.39 is 0 Å². The maximum Gasteiger partial charge on any atom is 0.250 e. The molecule has 6 rings (SSSR count). The number of hydrogen-bond acceptors (Lipinski definition) is 3. The van der Waals surface area contributed by atoms with Crippen molar-refractivity contribution in [2.75, 3.05) is 26.2 Å². The molecule has 2 fully saturated rings. The number of rotatable bonds is 6. The third-order valence-electron chi connectivity index (χ3n) is 8.57. The molecule has 6 nitrogen and oxygen atoms in total. The van der Waals surface area contributed by atoms with E-state index in [2.05, 4.69) is 50.9 Å². The molecular formula is C30H38N4O2. The van der Waals surface area contributed by atoms with E-state index in [1.54, 1.807) is 6.07 Å². The Hall–Kier alpha value is -2.86. The van der Waals surface area contributed by atoms with Gasteiger partial charge in [0.05, 0.1) is 6.67 Å². The smallest absolute Gasteiger partial charge is 0.250 e. The van der Waals surface area contributed by atoms with Gasteiger partial charge in [-0.05, 0) is 55.7 Å². The summed E-state index contributed by atoms with van der Waals surface area (Å²) in [5.41, 5.74) is 3.98. The molecule has 0 radical (unpaired) electrons. The SMILES string of the molecule is O=C(CCCc1cn(CN2C[C@H]3C[C@@H](C2)c2cccc(=O)n2C3)c2ccccc12)N1CCCCCC1. The van der Waals surface area contributed by atoms with E-state index in [0.717, 1.165) is 65.1 Å². The van der Waals surface area contributed by atoms with Crippen LogP contribution in [0.1, 0.15) is 62.1 Å². The van der Waals surface area contributed by atoms with Crippen LogP contribution in [0.3, 0.4) is 0 Å². The lowest BCUT2D eigenvalue weighted by atomic mass is 9.83. The Morgan fingerprint density at radius 1 is 0.917 bits per heavy atom. The van der Waals surface area contributed by atoms with Crippen molar-refractivity contribution < 1.29 is 4.79 Å². The summed E-state index contributed by atoms with van der Waals surface area (Å²) in [6.45, 7) is 5.61. The second-order valence-electron chi connectivity index (χ2n) is 11.2. The van der Waals surface area contributed by atoms with Crippen LogP contribution < -0.4 is 5.56 Å². The van der Waals surface area contributed by atoms with Gasteiger partial charge in [-0.1, -0.05) is 37.1 Å². The van der Waals surface area contributed by atoms with Crippen LogP contribution in [0.2, 0.25) is 0 Å². The van der Waals surface area contributed by atoms with Gasteiger partial charge in [0.25, 0.3) is 5.56 Å². The van der Waals surface area contributed by atoms with Gasteiger partial charge >= 0.3 is 0 Å². The van der Waals surface area contributed by atoms with E-state index >= 15 is 0 Å². The summed E-state index contributed by atoms with van der Waals surface area (Å²) < 4.78 is 4.41. The molecule has 0 saturated carbocycles. The number of hydrogen-bond donors (Lipinski definition) is 0. The summed E-state index contributed by atoms with van der Waals surface area (Å²) in [6.07, 6.45) is 10.8. The molecule has 1 aromatic carbocycles. The molecule has 2 bridgehead atoms. The minimum atomic E-state index is 0.144. The number of aryl methyl sites for hydroxylation is 1. The predicted octanol–water partition coefficient (Wildman–Crippen LogP) is 4.61. The number of nitrogens with zero attached hydrogens (tertiary/aromatic N) is 4. The summed E-state index contributed by atoms with van der Waals surface area (Å²) in [4.78, 5) is 29.8. The van der Waals surface area contributed by atoms with Crippen LogP contribution in [0.4, 0.5) is 0 Å². The van der Waals surface area contributed by atoms with Crippen LogP contribution >= 0.6 is 0 Å². The Balaban J connectivity index is 1.14. The molecule has 2 atom stereocenters. The predicted molar refractivity (Wildman–Crippen MR) is 143 cm³/mol. The molecule has 0 aliphatic carbocycles. The molecule has 1 amide bonds. The van der Waals surface area contributed by atoms with Crippen molar-refractivity contribution in [1.82, 2.24) is 18.9 Å². The largest absolute Gasteiger partial charge is 0.343 e. The molecule has 2 saturated heterocycles. The Morgan fingerprint density at radius 2 is 1.75 bits per heavy atom. The van der Waals surface area contributed by atoms with Gasteiger partial charge in [0.1, 0.15) is 0 Å². The number of aromatic nitrogens is 2. The summed E-state index contributed by atoms with van der Waals surface area (Å²) in [7, 11) is 0. The molecule has 190 valence electrons. The van der Waals surface area contributed by atoms with Gasteiger partial charge in [0.15, 0.2) is 0 Å². The first-order valence-electron chi connectivity index (χ1n) is 13.9. The van der Waals surface area contributed by atoms with Crippen LogP contribution in [0.15, 0.2) is 53.5 Å². The van der Waals surface area contributed by atoms with Gasteiger partial charge in [-0.25, -0.2) is 0 Å². The molecule has 6 heteroatoms. The molecule has 3 aromatic rings. The van der Waals surface area contributed by atoms with Gasteiger partial charge in [0, 0.05) is 73.9 Å². The Kier molecular flexibility index (Phi) is 6.70. The van der Waals surface area contributed by atoms with Crippen molar-refractivity contribution in [3.8, 4) is 0 Å². The number of likely N-dealkylation sites (tertiary alicyclic amines) is 2. The first-order valence-corrected chi connectivity index (χ1v) is 13.9. The fourth-order valence-corrected chi connectivity index (χ4v) is 6.87. The lowest BCUT2D eigenvalue weighted by molar-refractivity contribution is -0.131. The number of fused-ring (bicyclic) bond motifs is 5. The highest BCUT2D eigenvalue weighted by Gasteiger charge is 2.34. The van der Waals surface area contributed by atoms with E-state index in [0.29, 0.717) is 24.2 Å². The topological polar surface area (TPSA) is 50.5 Å². The first kappa shape index (κ1) is 23.5. The number of carbonyl (C=O) groups is 1. The Labute approximate surface area is 213 Å². The van der Waals surface area contributed by atoms with Crippen LogP contribution in [0.25, 0.3) is 10.9 Å². The highest BCUT2D eigenvalue weighted by molar-refractivity contribution is 5.84. The fourth-order valence-electron chi connectivity index (χ4n) is 6.87. The lowest BCUT2D eigenvalue weighted by Crippen LogP contribution is -2.47. The van der Waals surface area contributed by atoms with Crippen LogP contribution in [0, 0.1) is 5.92 Å². The molecule has 0 N–H and O–H groups in total. The van der Waals surface area contributed by atoms with Crippen molar-refractivity contribution in [3.63, 3.8) is 0 Å². The normalized spacial score (nSPS) is 22.4. The summed E-state index contributed by atoms with van der Waals surface area (Å²) in [5.74, 6) is 1.29. The standard InChI is InChI=1S/C30H38N4O2/c35-29(32-15-5-1-2-6-16-32)13-7-9-24-21-33(28-11-4-3-10-26(24)28)22-31-18-23-17-25(20-31)27-12-8-14-30(36)34(27)19-23/h3-4,8,10-12,14,21,23,25H,1-2,5-7,9,13,15-20,22H2/t23-,25+/m1/s1. The van der Waals surface area contributed by atoms with E-state index in [4.69, 9.17) is 0 Å². The third kappa shape index (κ3) is 4.75. The van der Waals surface area contributed by atoms with E-state index in [1.807, 2.05) is 10.6 Å². The number of piperidine rings is 1. The average Bonchev–Trinajstić information content (AvgIpc) is 3.04. The van der Waals surface area contributed by atoms with Crippen LogP contribution in [0.5, 0.6) is 0 Å². The maximum atomic E-state index is 12.8. The number of benzene rings is 1. The molecule has 2 aromatic heterocycles. The zero-order valence-corrected chi connectivity index (χ0v) is 21.3. The number of carbonyl (C=O) groups excluding carboxylic acids is 1. The van der Waals surface area contributed by atoms with E-state index in [1.165, 1.54) is 41.4 Å². The van der Waals surface area contributed by atoms with Crippen molar-refractivity contribution in [1.29, 1.82) is 0 Å². The zero-order valence-electron chi connectivity index (χ0n) is 21.3. The fraction of sp³-hybridized carbons (Fsp3) is 0.533. The number of para-hydroxylation sites is 1. The van der Waals surface area contributed by atoms with Gasteiger partial charge in [-0.2, -0.15) is 0 Å². The highest BCUT2D eigenvalue weighted by Crippen LogP contribution is 2.35. The highest BCUT2D eigenvalue weighted by atomic mass is 16.2. The quantitative estimate of drug-likeness (QED) is 0.512. The van der Waals surface area contributed by atoms with Gasteiger partial charge in [-0.3, -0.25) is 14.5 Å². The lowest BCUT2D eigenvalue weighted by Gasteiger charge is -2.42. The number of pyridine rings is 1. The van der Waals surface area contributed by atoms with Crippen molar-refractivity contribution in [2.45, 2.75) is 70.5 Å². The van der Waals surface area contributed by atoms with Crippen LogP contribution in [-0.2, 0) is 24.4 Å². The van der Waals surface area contributed by atoms with Crippen molar-refractivity contribution in [2.24, 2.45) is 5.92 Å². The molecule has 36 heavy (non-hydrogen) atoms. The summed E-state index contributed by atoms with van der Waals surface area (Å²) >= 11 is 0. The summed E-state index contributed by atoms with van der Waals surface area (Å²) in [5, 5.41) is 1.31. The zero-order chi connectivity index (χ0) is 24.5. The monoisotopic (exact) mass is 486 g/mol. The third-order valence-corrected chi connectivity index (χ3v) is 8.57. The molecular weight excluding hydrogens is 448 g/mol. The maximum absolute atomic E-state index is 12.8. The van der Waals surface area contributed by atoms with E-state index in [9.17, 15) is 9.59 Å². The first-order chi connectivity index (χ1) is 17.7. The molecule has 0 unspecified atom stereocenters. The second kappa shape index (κ2) is 10.3. The summed E-state index contributed by atoms with van der Waals surface area (Å²) in [6, 6.07) is 14.4. The van der Waals surface area contributed by atoms with Crippen LogP contribution in [-0.4, -0.2) is 51.0 Å². The molecule has 3 aliphatic rings. The minimum absolute atomic E-state index is 0.144. The van der Waals surface area contributed by atoms with Crippen molar-refractivity contribution >= 4 is 16.8 Å². The molecule has 5 heterocycles. The Bertz CT molecular complexity index is 1280. The Morgan fingerprint density at radius 3 is 2.61 bits per heavy atom. The van der Waals surface area contributed by atoms with Gasteiger partial charge < -0.3 is 14.0 Å². The van der Waals surface area contributed by atoms with Crippen molar-refractivity contribution in [3.05, 3.63) is 70.3 Å². The molecule has 0 spiro atoms. The van der Waals surface area contributed by atoms with Gasteiger partial charge in [0.2, 0.25) is 5.91 Å². The second-order valence-corrected chi connectivity index (χ2v) is 11.2. The molecule has 3 aliphatic heterocycles. The van der Waals surface area contributed by atoms with Gasteiger partial charge in [-0.15, -0.1) is 0 Å².